The monoisotopic (exact) mass is 376 g/mol. The molecule has 3 aromatic carbocycles. The molecule has 28 heavy (non-hydrogen) atoms. The third-order valence-electron chi connectivity index (χ3n) is 4.06. The second kappa shape index (κ2) is 9.37. The van der Waals surface area contributed by atoms with Crippen LogP contribution in [0.5, 0.6) is 11.5 Å². The summed E-state index contributed by atoms with van der Waals surface area (Å²) in [5.74, 6) is -0.786. The molecule has 0 fully saturated rings. The number of esters is 1. The largest absolute Gasteiger partial charge is 0.493 e. The van der Waals surface area contributed by atoms with Crippen LogP contribution in [0, 0.1) is 0 Å². The second-order valence-corrected chi connectivity index (χ2v) is 6.03. The van der Waals surface area contributed by atoms with Gasteiger partial charge in [0.1, 0.15) is 13.2 Å². The zero-order valence-electron chi connectivity index (χ0n) is 15.5. The van der Waals surface area contributed by atoms with Crippen LogP contribution in [0.1, 0.15) is 21.5 Å². The number of ketones is 1. The number of carbonyl (C=O) groups is 2. The molecule has 0 aromatic heterocycles. The number of Topliss-reactive ketones (excluding diaryl/α,β-unsaturated/α-hetero) is 1. The van der Waals surface area contributed by atoms with Crippen molar-refractivity contribution in [3.63, 3.8) is 0 Å². The third kappa shape index (κ3) is 4.98. The lowest BCUT2D eigenvalue weighted by atomic mass is 10.1. The highest BCUT2D eigenvalue weighted by molar-refractivity contribution is 6.40. The topological polar surface area (TPSA) is 61.8 Å². The predicted octanol–water partition coefficient (Wildman–Crippen LogP) is 4.20. The molecule has 0 unspecified atom stereocenters. The summed E-state index contributed by atoms with van der Waals surface area (Å²) in [5, 5.41) is 0. The minimum absolute atomic E-state index is 0.0425. The van der Waals surface area contributed by atoms with Crippen LogP contribution in [0.15, 0.2) is 78.9 Å². The molecule has 0 spiro atoms. The first-order chi connectivity index (χ1) is 13.7. The van der Waals surface area contributed by atoms with Gasteiger partial charge in [0.2, 0.25) is 0 Å². The van der Waals surface area contributed by atoms with Gasteiger partial charge in [0.15, 0.2) is 11.5 Å². The fourth-order valence-corrected chi connectivity index (χ4v) is 2.57. The number of carbonyl (C=O) groups excluding carboxylic acids is 2. The Kier molecular flexibility index (Phi) is 6.41. The van der Waals surface area contributed by atoms with Gasteiger partial charge in [-0.3, -0.25) is 4.79 Å². The standard InChI is InChI=1S/C23H20O5/c1-26-21-14-19(12-13-20(21)27-15-17-8-4-2-5-9-17)22(24)23(25)28-16-18-10-6-3-7-11-18/h2-14H,15-16H2,1H3. The maximum Gasteiger partial charge on any atom is 0.380 e. The first kappa shape index (κ1) is 19.2. The van der Waals surface area contributed by atoms with Crippen LogP contribution in [0.3, 0.4) is 0 Å². The van der Waals surface area contributed by atoms with Crippen molar-refractivity contribution in [2.75, 3.05) is 7.11 Å². The average Bonchev–Trinajstić information content (AvgIpc) is 2.76. The molecule has 5 heteroatoms. The molecule has 0 aliphatic carbocycles. The molecule has 0 saturated heterocycles. The Bertz CT molecular complexity index is 936. The molecule has 0 aliphatic rings. The molecule has 142 valence electrons. The van der Waals surface area contributed by atoms with E-state index in [9.17, 15) is 9.59 Å². The van der Waals surface area contributed by atoms with Crippen molar-refractivity contribution >= 4 is 11.8 Å². The summed E-state index contributed by atoms with van der Waals surface area (Å²) in [7, 11) is 1.48. The normalized spacial score (nSPS) is 10.2. The van der Waals surface area contributed by atoms with Crippen molar-refractivity contribution < 1.29 is 23.8 Å². The van der Waals surface area contributed by atoms with Gasteiger partial charge in [-0.2, -0.15) is 0 Å². The molecule has 0 heterocycles. The Labute approximate surface area is 163 Å². The Morgan fingerprint density at radius 1 is 0.750 bits per heavy atom. The quantitative estimate of drug-likeness (QED) is 0.335. The Morgan fingerprint density at radius 3 is 1.96 bits per heavy atom. The zero-order chi connectivity index (χ0) is 19.8. The van der Waals surface area contributed by atoms with Gasteiger partial charge in [-0.1, -0.05) is 60.7 Å². The molecule has 0 amide bonds. The summed E-state index contributed by atoms with van der Waals surface area (Å²) < 4.78 is 16.2. The summed E-state index contributed by atoms with van der Waals surface area (Å²) in [6, 6.07) is 23.5. The van der Waals surface area contributed by atoms with Gasteiger partial charge in [0.05, 0.1) is 7.11 Å². The van der Waals surface area contributed by atoms with Gasteiger partial charge in [-0.15, -0.1) is 0 Å². The molecular weight excluding hydrogens is 356 g/mol. The smallest absolute Gasteiger partial charge is 0.380 e. The number of ether oxygens (including phenoxy) is 3. The van der Waals surface area contributed by atoms with Gasteiger partial charge in [0, 0.05) is 5.56 Å². The molecule has 3 aromatic rings. The molecule has 0 bridgehead atoms. The minimum Gasteiger partial charge on any atom is -0.493 e. The fourth-order valence-electron chi connectivity index (χ4n) is 2.57. The number of rotatable bonds is 8. The first-order valence-corrected chi connectivity index (χ1v) is 8.77. The Hall–Kier alpha value is -3.60. The fraction of sp³-hybridized carbons (Fsp3) is 0.130. The van der Waals surface area contributed by atoms with Crippen LogP contribution < -0.4 is 9.47 Å². The van der Waals surface area contributed by atoms with E-state index in [0.29, 0.717) is 18.1 Å². The molecule has 0 saturated carbocycles. The average molecular weight is 376 g/mol. The predicted molar refractivity (Wildman–Crippen MR) is 104 cm³/mol. The van der Waals surface area contributed by atoms with Gasteiger partial charge in [-0.25, -0.2) is 4.79 Å². The highest BCUT2D eigenvalue weighted by Gasteiger charge is 2.20. The van der Waals surface area contributed by atoms with Crippen LogP contribution in [0.4, 0.5) is 0 Å². The van der Waals surface area contributed by atoms with E-state index in [1.54, 1.807) is 6.07 Å². The van der Waals surface area contributed by atoms with Crippen molar-refractivity contribution in [1.29, 1.82) is 0 Å². The lowest BCUT2D eigenvalue weighted by molar-refractivity contribution is -0.139. The first-order valence-electron chi connectivity index (χ1n) is 8.77. The third-order valence-corrected chi connectivity index (χ3v) is 4.06. The molecule has 0 atom stereocenters. The van der Waals surface area contributed by atoms with Crippen molar-refractivity contribution in [3.05, 3.63) is 95.6 Å². The van der Waals surface area contributed by atoms with Crippen LogP contribution in [0.25, 0.3) is 0 Å². The molecule has 0 N–H and O–H groups in total. The van der Waals surface area contributed by atoms with E-state index in [1.165, 1.54) is 19.2 Å². The maximum atomic E-state index is 12.4. The Morgan fingerprint density at radius 2 is 1.36 bits per heavy atom. The summed E-state index contributed by atoms with van der Waals surface area (Å²) in [6.45, 7) is 0.407. The van der Waals surface area contributed by atoms with E-state index in [0.717, 1.165) is 11.1 Å². The SMILES string of the molecule is COc1cc(C(=O)C(=O)OCc2ccccc2)ccc1OCc1ccccc1. The van der Waals surface area contributed by atoms with E-state index >= 15 is 0 Å². The van der Waals surface area contributed by atoms with E-state index in [4.69, 9.17) is 14.2 Å². The van der Waals surface area contributed by atoms with E-state index in [-0.39, 0.29) is 12.2 Å². The molecule has 0 radical (unpaired) electrons. The van der Waals surface area contributed by atoms with Crippen molar-refractivity contribution in [3.8, 4) is 11.5 Å². The summed E-state index contributed by atoms with van der Waals surface area (Å²) in [6.07, 6.45) is 0. The van der Waals surface area contributed by atoms with E-state index in [1.807, 2.05) is 60.7 Å². The van der Waals surface area contributed by atoms with Crippen molar-refractivity contribution in [2.45, 2.75) is 13.2 Å². The summed E-state index contributed by atoms with van der Waals surface area (Å²) in [5.41, 5.74) is 2.00. The zero-order valence-corrected chi connectivity index (χ0v) is 15.5. The van der Waals surface area contributed by atoms with Gasteiger partial charge < -0.3 is 14.2 Å². The molecule has 5 nitrogen and oxygen atoms in total. The van der Waals surface area contributed by atoms with Crippen LogP contribution in [0.2, 0.25) is 0 Å². The lowest BCUT2D eigenvalue weighted by Crippen LogP contribution is -2.17. The maximum absolute atomic E-state index is 12.4. The second-order valence-electron chi connectivity index (χ2n) is 6.03. The van der Waals surface area contributed by atoms with E-state index in [2.05, 4.69) is 0 Å². The highest BCUT2D eigenvalue weighted by Crippen LogP contribution is 2.29. The minimum atomic E-state index is -0.913. The lowest BCUT2D eigenvalue weighted by Gasteiger charge is -2.12. The van der Waals surface area contributed by atoms with Gasteiger partial charge >= 0.3 is 5.97 Å². The van der Waals surface area contributed by atoms with Crippen LogP contribution in [-0.2, 0) is 22.7 Å². The van der Waals surface area contributed by atoms with Gasteiger partial charge in [-0.05, 0) is 29.3 Å². The van der Waals surface area contributed by atoms with Crippen molar-refractivity contribution in [1.82, 2.24) is 0 Å². The summed E-state index contributed by atoms with van der Waals surface area (Å²) >= 11 is 0. The van der Waals surface area contributed by atoms with Crippen molar-refractivity contribution in [2.24, 2.45) is 0 Å². The number of hydrogen-bond acceptors (Lipinski definition) is 5. The van der Waals surface area contributed by atoms with Crippen LogP contribution >= 0.6 is 0 Å². The van der Waals surface area contributed by atoms with E-state index < -0.39 is 11.8 Å². The highest BCUT2D eigenvalue weighted by atomic mass is 16.5. The number of methoxy groups -OCH3 is 1. The number of benzene rings is 3. The molecule has 0 aliphatic heterocycles. The van der Waals surface area contributed by atoms with Crippen LogP contribution in [-0.4, -0.2) is 18.9 Å². The number of hydrogen-bond donors (Lipinski definition) is 0. The van der Waals surface area contributed by atoms with Gasteiger partial charge in [0.25, 0.3) is 5.78 Å². The Balaban J connectivity index is 1.64. The molecule has 3 rings (SSSR count). The molecular formula is C23H20O5. The summed E-state index contributed by atoms with van der Waals surface area (Å²) in [4.78, 5) is 24.4.